The molecule has 0 unspecified atom stereocenters. The fourth-order valence-corrected chi connectivity index (χ4v) is 0.859. The maximum absolute atomic E-state index is 5.21. The first-order valence-corrected chi connectivity index (χ1v) is 4.47. The lowest BCUT2D eigenvalue weighted by Gasteiger charge is -1.81. The van der Waals surface area contributed by atoms with Gasteiger partial charge >= 0.3 is 0 Å². The lowest BCUT2D eigenvalue weighted by Crippen LogP contribution is -1.73. The molecule has 0 fully saturated rings. The second kappa shape index (κ2) is 6.23. The van der Waals surface area contributed by atoms with Gasteiger partial charge < -0.3 is 4.42 Å². The Morgan fingerprint density at radius 2 is 1.92 bits per heavy atom. The third kappa shape index (κ3) is 3.74. The number of hydrogen-bond donors (Lipinski definition) is 0. The molecule has 2 heteroatoms. The standard InChI is InChI=1S/C9H11NO.C2H6/c1-4-5-6-9-7(2)11-8(3)10-9;1-2/h4-6H,1H2,2-3H3;1-2H3/b6-5-;. The number of aryl methyl sites for hydroxylation is 2. The molecule has 0 aliphatic rings. The average molecular weight is 179 g/mol. The molecular weight excluding hydrogens is 162 g/mol. The van der Waals surface area contributed by atoms with Crippen molar-refractivity contribution in [1.29, 1.82) is 0 Å². The van der Waals surface area contributed by atoms with Crippen molar-refractivity contribution in [3.05, 3.63) is 36.1 Å². The molecule has 0 spiro atoms. The van der Waals surface area contributed by atoms with E-state index in [1.165, 1.54) is 0 Å². The summed E-state index contributed by atoms with van der Waals surface area (Å²) in [6, 6.07) is 0. The summed E-state index contributed by atoms with van der Waals surface area (Å²) >= 11 is 0. The van der Waals surface area contributed by atoms with Crippen LogP contribution < -0.4 is 0 Å². The van der Waals surface area contributed by atoms with Crippen molar-refractivity contribution >= 4 is 6.08 Å². The van der Waals surface area contributed by atoms with Gasteiger partial charge in [0, 0.05) is 6.92 Å². The van der Waals surface area contributed by atoms with Crippen LogP contribution in [0.25, 0.3) is 6.08 Å². The van der Waals surface area contributed by atoms with Gasteiger partial charge in [-0.15, -0.1) is 0 Å². The Bertz CT molecular complexity index is 284. The number of allylic oxidation sites excluding steroid dienone is 2. The van der Waals surface area contributed by atoms with E-state index in [4.69, 9.17) is 4.42 Å². The van der Waals surface area contributed by atoms with Crippen LogP contribution in [0.4, 0.5) is 0 Å². The number of oxazole rings is 1. The van der Waals surface area contributed by atoms with Crippen LogP contribution in [0.5, 0.6) is 0 Å². The molecule has 0 aliphatic carbocycles. The molecule has 0 aromatic carbocycles. The van der Waals surface area contributed by atoms with Gasteiger partial charge in [0.05, 0.1) is 0 Å². The zero-order chi connectivity index (χ0) is 10.3. The van der Waals surface area contributed by atoms with Gasteiger partial charge in [0.2, 0.25) is 0 Å². The third-order valence-electron chi connectivity index (χ3n) is 1.33. The Balaban J connectivity index is 0.000000671. The summed E-state index contributed by atoms with van der Waals surface area (Å²) in [6.07, 6.45) is 5.42. The summed E-state index contributed by atoms with van der Waals surface area (Å²) in [6.45, 7) is 11.3. The smallest absolute Gasteiger partial charge is 0.191 e. The predicted octanol–water partition coefficient (Wildman–Crippen LogP) is 3.52. The van der Waals surface area contributed by atoms with Crippen LogP contribution in [0, 0.1) is 13.8 Å². The quantitative estimate of drug-likeness (QED) is 0.649. The van der Waals surface area contributed by atoms with Crippen LogP contribution in [0.15, 0.2) is 23.1 Å². The normalized spacial score (nSPS) is 9.54. The zero-order valence-corrected chi connectivity index (χ0v) is 8.79. The van der Waals surface area contributed by atoms with E-state index in [2.05, 4.69) is 11.6 Å². The third-order valence-corrected chi connectivity index (χ3v) is 1.33. The van der Waals surface area contributed by atoms with Gasteiger partial charge in [-0.05, 0) is 13.0 Å². The molecule has 1 rings (SSSR count). The Kier molecular flexibility index (Phi) is 5.60. The number of rotatable bonds is 2. The van der Waals surface area contributed by atoms with Crippen LogP contribution in [0.1, 0.15) is 31.2 Å². The second-order valence-electron chi connectivity index (χ2n) is 2.27. The van der Waals surface area contributed by atoms with Crippen LogP contribution >= 0.6 is 0 Å². The molecule has 0 radical (unpaired) electrons. The molecule has 13 heavy (non-hydrogen) atoms. The highest BCUT2D eigenvalue weighted by molar-refractivity contribution is 5.48. The highest BCUT2D eigenvalue weighted by atomic mass is 16.4. The first-order chi connectivity index (χ1) is 6.24. The summed E-state index contributed by atoms with van der Waals surface area (Å²) in [7, 11) is 0. The van der Waals surface area contributed by atoms with Gasteiger partial charge in [-0.2, -0.15) is 0 Å². The van der Waals surface area contributed by atoms with Gasteiger partial charge in [-0.1, -0.05) is 32.6 Å². The highest BCUT2D eigenvalue weighted by Gasteiger charge is 2.00. The maximum atomic E-state index is 5.21. The number of aromatic nitrogens is 1. The molecule has 1 aromatic rings. The number of nitrogens with zero attached hydrogens (tertiary/aromatic N) is 1. The van der Waals surface area contributed by atoms with Gasteiger partial charge in [0.25, 0.3) is 0 Å². The summed E-state index contributed by atoms with van der Waals surface area (Å²) in [5.41, 5.74) is 0.877. The van der Waals surface area contributed by atoms with E-state index in [0.717, 1.165) is 11.5 Å². The Morgan fingerprint density at radius 3 is 2.31 bits per heavy atom. The molecule has 0 saturated heterocycles. The molecule has 0 bridgehead atoms. The van der Waals surface area contributed by atoms with E-state index in [1.54, 1.807) is 6.08 Å². The van der Waals surface area contributed by atoms with Crippen molar-refractivity contribution in [1.82, 2.24) is 4.98 Å². The Labute approximate surface area is 80.0 Å². The summed E-state index contributed by atoms with van der Waals surface area (Å²) < 4.78 is 5.21. The van der Waals surface area contributed by atoms with Crippen molar-refractivity contribution in [2.24, 2.45) is 0 Å². The minimum absolute atomic E-state index is 0.700. The first kappa shape index (κ1) is 11.7. The van der Waals surface area contributed by atoms with Crippen molar-refractivity contribution in [2.75, 3.05) is 0 Å². The van der Waals surface area contributed by atoms with Gasteiger partial charge in [0.15, 0.2) is 5.89 Å². The molecule has 2 nitrogen and oxygen atoms in total. The molecule has 1 aromatic heterocycles. The molecule has 0 N–H and O–H groups in total. The van der Waals surface area contributed by atoms with Gasteiger partial charge in [0.1, 0.15) is 11.5 Å². The highest BCUT2D eigenvalue weighted by Crippen LogP contribution is 2.09. The molecule has 0 atom stereocenters. The Morgan fingerprint density at radius 1 is 1.31 bits per heavy atom. The zero-order valence-electron chi connectivity index (χ0n) is 8.79. The lowest BCUT2D eigenvalue weighted by molar-refractivity contribution is 0.494. The van der Waals surface area contributed by atoms with Gasteiger partial charge in [-0.25, -0.2) is 4.98 Å². The predicted molar refractivity (Wildman–Crippen MR) is 56.6 cm³/mol. The summed E-state index contributed by atoms with van der Waals surface area (Å²) in [5.74, 6) is 1.55. The van der Waals surface area contributed by atoms with Gasteiger partial charge in [-0.3, -0.25) is 0 Å². The van der Waals surface area contributed by atoms with E-state index in [9.17, 15) is 0 Å². The van der Waals surface area contributed by atoms with E-state index in [1.807, 2.05) is 39.8 Å². The van der Waals surface area contributed by atoms with Crippen LogP contribution in [0.3, 0.4) is 0 Å². The number of hydrogen-bond acceptors (Lipinski definition) is 2. The molecule has 0 aliphatic heterocycles. The molecule has 0 amide bonds. The topological polar surface area (TPSA) is 26.0 Å². The molecule has 1 heterocycles. The fraction of sp³-hybridized carbons (Fsp3) is 0.364. The van der Waals surface area contributed by atoms with Crippen LogP contribution in [-0.4, -0.2) is 4.98 Å². The SMILES string of the molecule is C=C/C=C\c1nc(C)oc1C.CC. The second-order valence-corrected chi connectivity index (χ2v) is 2.27. The van der Waals surface area contributed by atoms with Crippen LogP contribution in [-0.2, 0) is 0 Å². The fourth-order valence-electron chi connectivity index (χ4n) is 0.859. The molecular formula is C11H17NO. The Hall–Kier alpha value is -1.31. The van der Waals surface area contributed by atoms with E-state index < -0.39 is 0 Å². The minimum Gasteiger partial charge on any atom is -0.446 e. The van der Waals surface area contributed by atoms with E-state index in [0.29, 0.717) is 5.89 Å². The molecule has 72 valence electrons. The minimum atomic E-state index is 0.700. The van der Waals surface area contributed by atoms with Crippen LogP contribution in [0.2, 0.25) is 0 Å². The van der Waals surface area contributed by atoms with Crippen molar-refractivity contribution in [3.8, 4) is 0 Å². The lowest BCUT2D eigenvalue weighted by atomic mass is 10.3. The van der Waals surface area contributed by atoms with E-state index >= 15 is 0 Å². The monoisotopic (exact) mass is 179 g/mol. The largest absolute Gasteiger partial charge is 0.446 e. The first-order valence-electron chi connectivity index (χ1n) is 4.47. The average Bonchev–Trinajstić information content (AvgIpc) is 2.45. The molecule has 0 saturated carbocycles. The summed E-state index contributed by atoms with van der Waals surface area (Å²) in [5, 5.41) is 0. The van der Waals surface area contributed by atoms with Crippen molar-refractivity contribution in [3.63, 3.8) is 0 Å². The summed E-state index contributed by atoms with van der Waals surface area (Å²) in [4.78, 5) is 4.15. The van der Waals surface area contributed by atoms with Crippen molar-refractivity contribution in [2.45, 2.75) is 27.7 Å². The van der Waals surface area contributed by atoms with E-state index in [-0.39, 0.29) is 0 Å². The maximum Gasteiger partial charge on any atom is 0.191 e. The van der Waals surface area contributed by atoms with Crippen molar-refractivity contribution < 1.29 is 4.42 Å².